The molecular weight excluding hydrogens is 268 g/mol. The number of aliphatic hydroxyl groups excluding tert-OH is 1. The molecule has 0 bridgehead atoms. The maximum absolute atomic E-state index is 11.9. The van der Waals surface area contributed by atoms with E-state index in [-0.39, 0.29) is 5.92 Å². The van der Waals surface area contributed by atoms with Crippen LogP contribution < -0.4 is 5.32 Å². The lowest BCUT2D eigenvalue weighted by Gasteiger charge is -2.13. The summed E-state index contributed by atoms with van der Waals surface area (Å²) in [6.45, 7) is 5.07. The van der Waals surface area contributed by atoms with Crippen LogP contribution in [-0.4, -0.2) is 32.3 Å². The number of amides is 1. The smallest absolute Gasteiger partial charge is 0.253 e. The topological polar surface area (TPSA) is 80.0 Å². The highest BCUT2D eigenvalue weighted by atomic mass is 16.3. The minimum absolute atomic E-state index is 0.276. The second kappa shape index (κ2) is 6.99. The van der Waals surface area contributed by atoms with E-state index >= 15 is 0 Å². The zero-order valence-corrected chi connectivity index (χ0v) is 12.2. The summed E-state index contributed by atoms with van der Waals surface area (Å²) in [6, 6.07) is 8.87. The maximum Gasteiger partial charge on any atom is 0.253 e. The molecule has 0 aliphatic heterocycles. The quantitative estimate of drug-likeness (QED) is 0.838. The number of aromatic nitrogens is 3. The third-order valence-corrected chi connectivity index (χ3v) is 3.18. The summed E-state index contributed by atoms with van der Waals surface area (Å²) in [5.74, 6) is 0.756. The van der Waals surface area contributed by atoms with Crippen molar-refractivity contribution < 1.29 is 9.90 Å². The molecule has 112 valence electrons. The lowest BCUT2D eigenvalue weighted by Crippen LogP contribution is -2.32. The van der Waals surface area contributed by atoms with Crippen molar-refractivity contribution in [3.63, 3.8) is 0 Å². The highest BCUT2D eigenvalue weighted by Gasteiger charge is 2.16. The number of hydrogen-bond donors (Lipinski definition) is 2. The van der Waals surface area contributed by atoms with Crippen LogP contribution in [0.3, 0.4) is 0 Å². The van der Waals surface area contributed by atoms with Gasteiger partial charge in [0.2, 0.25) is 0 Å². The van der Waals surface area contributed by atoms with Crippen LogP contribution in [0.4, 0.5) is 0 Å². The van der Waals surface area contributed by atoms with Crippen LogP contribution in [-0.2, 0) is 11.3 Å². The number of rotatable bonds is 6. The molecule has 0 spiro atoms. The van der Waals surface area contributed by atoms with Crippen LogP contribution in [0.2, 0.25) is 0 Å². The Kier molecular flexibility index (Phi) is 5.05. The summed E-state index contributed by atoms with van der Waals surface area (Å²) in [4.78, 5) is 11.9. The van der Waals surface area contributed by atoms with Gasteiger partial charge in [-0.2, -0.15) is 0 Å². The molecule has 0 radical (unpaired) electrons. The summed E-state index contributed by atoms with van der Waals surface area (Å²) in [5.41, 5.74) is 0.585. The largest absolute Gasteiger partial charge is 0.378 e. The molecule has 1 atom stereocenters. The van der Waals surface area contributed by atoms with Crippen molar-refractivity contribution >= 4 is 5.91 Å². The molecule has 6 heteroatoms. The van der Waals surface area contributed by atoms with Crippen LogP contribution in [0.1, 0.15) is 37.3 Å². The van der Waals surface area contributed by atoms with Gasteiger partial charge in [-0.1, -0.05) is 44.2 Å². The summed E-state index contributed by atoms with van der Waals surface area (Å²) in [5, 5.41) is 20.6. The SMILES string of the molecule is CC(C)c1nncn1CCNC(=O)C(O)c1ccccc1. The predicted octanol–water partition coefficient (Wildman–Crippen LogP) is 1.25. The summed E-state index contributed by atoms with van der Waals surface area (Å²) in [6.07, 6.45) is 0.506. The molecule has 0 fully saturated rings. The number of carbonyl (C=O) groups excluding carboxylic acids is 1. The molecule has 1 aromatic heterocycles. The number of nitrogens with one attached hydrogen (secondary N) is 1. The average Bonchev–Trinajstić information content (AvgIpc) is 2.96. The Morgan fingerprint density at radius 3 is 2.71 bits per heavy atom. The van der Waals surface area contributed by atoms with Gasteiger partial charge < -0.3 is 15.0 Å². The summed E-state index contributed by atoms with van der Waals surface area (Å²) >= 11 is 0. The molecule has 0 aliphatic rings. The van der Waals surface area contributed by atoms with Gasteiger partial charge in [0.15, 0.2) is 6.10 Å². The first-order valence-electron chi connectivity index (χ1n) is 6.98. The van der Waals surface area contributed by atoms with Gasteiger partial charge in [0.1, 0.15) is 12.2 Å². The number of aliphatic hydroxyl groups is 1. The number of benzene rings is 1. The molecule has 1 unspecified atom stereocenters. The van der Waals surface area contributed by atoms with Crippen molar-refractivity contribution in [3.8, 4) is 0 Å². The lowest BCUT2D eigenvalue weighted by molar-refractivity contribution is -0.129. The van der Waals surface area contributed by atoms with Crippen molar-refractivity contribution in [2.24, 2.45) is 0 Å². The molecule has 0 aliphatic carbocycles. The van der Waals surface area contributed by atoms with Gasteiger partial charge >= 0.3 is 0 Å². The molecule has 1 heterocycles. The molecule has 1 amide bonds. The van der Waals surface area contributed by atoms with Gasteiger partial charge in [-0.3, -0.25) is 4.79 Å². The standard InChI is InChI=1S/C15H20N4O2/c1-11(2)14-18-17-10-19(14)9-8-16-15(21)13(20)12-6-4-3-5-7-12/h3-7,10-11,13,20H,8-9H2,1-2H3,(H,16,21). The highest BCUT2D eigenvalue weighted by molar-refractivity contribution is 5.81. The van der Waals surface area contributed by atoms with E-state index in [4.69, 9.17) is 0 Å². The Labute approximate surface area is 123 Å². The Balaban J connectivity index is 1.86. The van der Waals surface area contributed by atoms with Gasteiger partial charge in [0.25, 0.3) is 5.91 Å². The highest BCUT2D eigenvalue weighted by Crippen LogP contribution is 2.12. The summed E-state index contributed by atoms with van der Waals surface area (Å²) in [7, 11) is 0. The number of nitrogens with zero attached hydrogens (tertiary/aromatic N) is 3. The molecule has 2 aromatic rings. The Hall–Kier alpha value is -2.21. The third-order valence-electron chi connectivity index (χ3n) is 3.18. The van der Waals surface area contributed by atoms with Crippen molar-refractivity contribution in [1.29, 1.82) is 0 Å². The van der Waals surface area contributed by atoms with Gasteiger partial charge in [0.05, 0.1) is 0 Å². The van der Waals surface area contributed by atoms with Crippen LogP contribution in [0, 0.1) is 0 Å². The van der Waals surface area contributed by atoms with Crippen LogP contribution >= 0.6 is 0 Å². The first-order chi connectivity index (χ1) is 10.1. The Morgan fingerprint density at radius 1 is 1.33 bits per heavy atom. The van der Waals surface area contributed by atoms with Crippen molar-refractivity contribution in [2.75, 3.05) is 6.54 Å². The minimum Gasteiger partial charge on any atom is -0.378 e. The monoisotopic (exact) mass is 288 g/mol. The van der Waals surface area contributed by atoms with Crippen LogP contribution in [0.5, 0.6) is 0 Å². The molecule has 2 N–H and O–H groups in total. The fourth-order valence-electron chi connectivity index (χ4n) is 2.07. The van der Waals surface area contributed by atoms with E-state index in [1.165, 1.54) is 0 Å². The normalized spacial score (nSPS) is 12.4. The van der Waals surface area contributed by atoms with E-state index in [9.17, 15) is 9.90 Å². The van der Waals surface area contributed by atoms with E-state index in [0.29, 0.717) is 18.7 Å². The molecule has 1 aromatic carbocycles. The van der Waals surface area contributed by atoms with E-state index in [1.807, 2.05) is 24.5 Å². The van der Waals surface area contributed by atoms with Crippen molar-refractivity contribution in [3.05, 3.63) is 48.0 Å². The van der Waals surface area contributed by atoms with E-state index in [0.717, 1.165) is 5.82 Å². The number of hydrogen-bond acceptors (Lipinski definition) is 4. The first-order valence-corrected chi connectivity index (χ1v) is 6.98. The maximum atomic E-state index is 11.9. The third kappa shape index (κ3) is 3.88. The molecule has 2 rings (SSSR count). The van der Waals surface area contributed by atoms with E-state index in [1.54, 1.807) is 30.6 Å². The van der Waals surface area contributed by atoms with Crippen molar-refractivity contribution in [2.45, 2.75) is 32.4 Å². The molecular formula is C15H20N4O2. The van der Waals surface area contributed by atoms with Gasteiger partial charge in [0, 0.05) is 19.0 Å². The fraction of sp³-hybridized carbons (Fsp3) is 0.400. The average molecular weight is 288 g/mol. The molecule has 0 saturated heterocycles. The molecule has 6 nitrogen and oxygen atoms in total. The van der Waals surface area contributed by atoms with Crippen LogP contribution in [0.25, 0.3) is 0 Å². The van der Waals surface area contributed by atoms with E-state index < -0.39 is 12.0 Å². The van der Waals surface area contributed by atoms with Gasteiger partial charge in [-0.15, -0.1) is 10.2 Å². The second-order valence-electron chi connectivity index (χ2n) is 5.14. The van der Waals surface area contributed by atoms with Crippen LogP contribution in [0.15, 0.2) is 36.7 Å². The number of carbonyl (C=O) groups is 1. The second-order valence-corrected chi connectivity index (χ2v) is 5.14. The molecule has 0 saturated carbocycles. The minimum atomic E-state index is -1.14. The molecule has 21 heavy (non-hydrogen) atoms. The Morgan fingerprint density at radius 2 is 2.05 bits per heavy atom. The summed E-state index contributed by atoms with van der Waals surface area (Å²) < 4.78 is 1.90. The van der Waals surface area contributed by atoms with Crippen molar-refractivity contribution in [1.82, 2.24) is 20.1 Å². The zero-order valence-electron chi connectivity index (χ0n) is 12.2. The Bertz CT molecular complexity index is 580. The zero-order chi connectivity index (χ0) is 15.2. The van der Waals surface area contributed by atoms with E-state index in [2.05, 4.69) is 15.5 Å². The van der Waals surface area contributed by atoms with Gasteiger partial charge in [-0.25, -0.2) is 0 Å². The van der Waals surface area contributed by atoms with Gasteiger partial charge in [-0.05, 0) is 5.56 Å². The fourth-order valence-corrected chi connectivity index (χ4v) is 2.07. The lowest BCUT2D eigenvalue weighted by atomic mass is 10.1. The first kappa shape index (κ1) is 15.2. The predicted molar refractivity (Wildman–Crippen MR) is 78.5 cm³/mol.